The second kappa shape index (κ2) is 6.98. The molecule has 0 saturated carbocycles. The second-order valence-electron chi connectivity index (χ2n) is 6.17. The molecule has 0 bridgehead atoms. The van der Waals surface area contributed by atoms with E-state index in [1.165, 1.54) is 0 Å². The Labute approximate surface area is 141 Å². The molecule has 2 aromatic rings. The highest BCUT2D eigenvalue weighted by Crippen LogP contribution is 2.19. The molecule has 0 aromatic carbocycles. The standard InChI is InChI=1S/C17H23N5O2/c1-4-13-8-18-17(19-9-13)24-14-6-5-7-22(10-14)16(23)15-11(2)20-21-12(15)3/h8-9,14H,4-7,10H2,1-3H3,(H,20,21). The van der Waals surface area contributed by atoms with Crippen LogP contribution in [0.25, 0.3) is 0 Å². The first-order valence-corrected chi connectivity index (χ1v) is 8.37. The normalized spacial score (nSPS) is 17.8. The lowest BCUT2D eigenvalue weighted by Gasteiger charge is -2.32. The summed E-state index contributed by atoms with van der Waals surface area (Å²) in [6, 6.07) is 0.377. The molecule has 1 N–H and O–H groups in total. The van der Waals surface area contributed by atoms with Gasteiger partial charge in [-0.3, -0.25) is 9.89 Å². The van der Waals surface area contributed by atoms with Crippen molar-refractivity contribution in [3.8, 4) is 6.01 Å². The summed E-state index contributed by atoms with van der Waals surface area (Å²) in [6.45, 7) is 7.05. The lowest BCUT2D eigenvalue weighted by atomic mass is 10.1. The summed E-state index contributed by atoms with van der Waals surface area (Å²) in [7, 11) is 0. The fourth-order valence-electron chi connectivity index (χ4n) is 2.98. The fourth-order valence-corrected chi connectivity index (χ4v) is 2.98. The van der Waals surface area contributed by atoms with Crippen LogP contribution in [0.2, 0.25) is 0 Å². The monoisotopic (exact) mass is 329 g/mol. The van der Waals surface area contributed by atoms with E-state index in [2.05, 4.69) is 27.1 Å². The fraction of sp³-hybridized carbons (Fsp3) is 0.529. The SMILES string of the molecule is CCc1cnc(OC2CCCN(C(=O)c3c(C)n[nH]c3C)C2)nc1. The van der Waals surface area contributed by atoms with Crippen molar-refractivity contribution >= 4 is 5.91 Å². The summed E-state index contributed by atoms with van der Waals surface area (Å²) in [5.41, 5.74) is 3.28. The quantitative estimate of drug-likeness (QED) is 0.928. The van der Waals surface area contributed by atoms with Gasteiger partial charge < -0.3 is 9.64 Å². The number of amides is 1. The van der Waals surface area contributed by atoms with Crippen molar-refractivity contribution in [1.82, 2.24) is 25.1 Å². The molecule has 1 amide bonds. The summed E-state index contributed by atoms with van der Waals surface area (Å²) in [4.78, 5) is 23.1. The molecule has 7 heteroatoms. The number of carbonyl (C=O) groups is 1. The lowest BCUT2D eigenvalue weighted by Crippen LogP contribution is -2.44. The first-order chi connectivity index (χ1) is 11.6. The Hall–Kier alpha value is -2.44. The van der Waals surface area contributed by atoms with E-state index >= 15 is 0 Å². The highest BCUT2D eigenvalue weighted by Gasteiger charge is 2.28. The Bertz CT molecular complexity index is 691. The number of hydrogen-bond acceptors (Lipinski definition) is 5. The van der Waals surface area contributed by atoms with E-state index in [0.717, 1.165) is 42.8 Å². The summed E-state index contributed by atoms with van der Waals surface area (Å²) in [6.07, 6.45) is 6.18. The van der Waals surface area contributed by atoms with Crippen molar-refractivity contribution in [2.24, 2.45) is 0 Å². The number of piperidine rings is 1. The number of aromatic nitrogens is 4. The number of hydrogen-bond donors (Lipinski definition) is 1. The molecule has 1 saturated heterocycles. The molecule has 1 aliphatic heterocycles. The van der Waals surface area contributed by atoms with Gasteiger partial charge in [-0.2, -0.15) is 5.10 Å². The van der Waals surface area contributed by atoms with Crippen LogP contribution in [0, 0.1) is 13.8 Å². The number of aromatic amines is 1. The predicted octanol–water partition coefficient (Wildman–Crippen LogP) is 2.06. The Kier molecular flexibility index (Phi) is 4.78. The van der Waals surface area contributed by atoms with Crippen LogP contribution in [-0.4, -0.2) is 50.2 Å². The largest absolute Gasteiger partial charge is 0.458 e. The van der Waals surface area contributed by atoms with Gasteiger partial charge in [0.05, 0.1) is 17.8 Å². The smallest absolute Gasteiger partial charge is 0.316 e. The molecule has 3 heterocycles. The van der Waals surface area contributed by atoms with E-state index < -0.39 is 0 Å². The summed E-state index contributed by atoms with van der Waals surface area (Å²) >= 11 is 0. The molecule has 0 radical (unpaired) electrons. The van der Waals surface area contributed by atoms with Gasteiger partial charge in [0.25, 0.3) is 5.91 Å². The molecular formula is C17H23N5O2. The Morgan fingerprint density at radius 2 is 2.12 bits per heavy atom. The van der Waals surface area contributed by atoms with Gasteiger partial charge in [-0.15, -0.1) is 0 Å². The van der Waals surface area contributed by atoms with Crippen LogP contribution in [0.4, 0.5) is 0 Å². The number of ether oxygens (including phenoxy) is 1. The van der Waals surface area contributed by atoms with E-state index in [4.69, 9.17) is 4.74 Å². The van der Waals surface area contributed by atoms with E-state index in [0.29, 0.717) is 18.1 Å². The van der Waals surface area contributed by atoms with Gasteiger partial charge in [-0.25, -0.2) is 9.97 Å². The van der Waals surface area contributed by atoms with Crippen molar-refractivity contribution in [2.45, 2.75) is 46.1 Å². The Morgan fingerprint density at radius 3 is 2.75 bits per heavy atom. The first kappa shape index (κ1) is 16.4. The molecule has 1 fully saturated rings. The van der Waals surface area contributed by atoms with E-state index in [1.807, 2.05) is 18.7 Å². The molecule has 24 heavy (non-hydrogen) atoms. The molecule has 7 nitrogen and oxygen atoms in total. The van der Waals surface area contributed by atoms with Crippen LogP contribution < -0.4 is 4.74 Å². The number of H-pyrrole nitrogens is 1. The Morgan fingerprint density at radius 1 is 1.38 bits per heavy atom. The maximum absolute atomic E-state index is 12.8. The molecule has 128 valence electrons. The molecule has 0 spiro atoms. The van der Waals surface area contributed by atoms with Crippen molar-refractivity contribution in [3.63, 3.8) is 0 Å². The number of nitrogens with one attached hydrogen (secondary N) is 1. The first-order valence-electron chi connectivity index (χ1n) is 8.37. The number of nitrogens with zero attached hydrogens (tertiary/aromatic N) is 4. The zero-order valence-electron chi connectivity index (χ0n) is 14.4. The van der Waals surface area contributed by atoms with Gasteiger partial charge in [0.15, 0.2) is 0 Å². The van der Waals surface area contributed by atoms with E-state index in [1.54, 1.807) is 12.4 Å². The summed E-state index contributed by atoms with van der Waals surface area (Å²) in [5, 5.41) is 6.98. The van der Waals surface area contributed by atoms with Gasteiger partial charge in [-0.1, -0.05) is 6.92 Å². The molecule has 1 atom stereocenters. The van der Waals surface area contributed by atoms with Crippen molar-refractivity contribution < 1.29 is 9.53 Å². The Balaban J connectivity index is 1.66. The molecule has 3 rings (SSSR count). The van der Waals surface area contributed by atoms with Crippen molar-refractivity contribution in [2.75, 3.05) is 13.1 Å². The zero-order chi connectivity index (χ0) is 17.1. The number of carbonyl (C=O) groups excluding carboxylic acids is 1. The van der Waals surface area contributed by atoms with Crippen molar-refractivity contribution in [3.05, 3.63) is 34.9 Å². The average Bonchev–Trinajstić information content (AvgIpc) is 2.94. The van der Waals surface area contributed by atoms with Crippen LogP contribution in [0.3, 0.4) is 0 Å². The van der Waals surface area contributed by atoms with Gasteiger partial charge in [0, 0.05) is 24.6 Å². The van der Waals surface area contributed by atoms with Crippen molar-refractivity contribution in [1.29, 1.82) is 0 Å². The molecular weight excluding hydrogens is 306 g/mol. The van der Waals surface area contributed by atoms with E-state index in [9.17, 15) is 4.79 Å². The third kappa shape index (κ3) is 3.39. The highest BCUT2D eigenvalue weighted by molar-refractivity contribution is 5.96. The molecule has 1 unspecified atom stereocenters. The number of rotatable bonds is 4. The third-order valence-corrected chi connectivity index (χ3v) is 4.37. The maximum atomic E-state index is 12.8. The number of likely N-dealkylation sites (tertiary alicyclic amines) is 1. The maximum Gasteiger partial charge on any atom is 0.316 e. The van der Waals surface area contributed by atoms with Gasteiger partial charge in [0.1, 0.15) is 6.10 Å². The zero-order valence-corrected chi connectivity index (χ0v) is 14.4. The molecule has 1 aliphatic rings. The van der Waals surface area contributed by atoms with Crippen LogP contribution in [-0.2, 0) is 6.42 Å². The van der Waals surface area contributed by atoms with Crippen LogP contribution in [0.5, 0.6) is 6.01 Å². The number of aryl methyl sites for hydroxylation is 3. The minimum atomic E-state index is -0.0808. The highest BCUT2D eigenvalue weighted by atomic mass is 16.5. The molecule has 2 aromatic heterocycles. The topological polar surface area (TPSA) is 84.0 Å². The summed E-state index contributed by atoms with van der Waals surface area (Å²) in [5.74, 6) is 0.00861. The van der Waals surface area contributed by atoms with E-state index in [-0.39, 0.29) is 12.0 Å². The second-order valence-corrected chi connectivity index (χ2v) is 6.17. The minimum Gasteiger partial charge on any atom is -0.458 e. The third-order valence-electron chi connectivity index (χ3n) is 4.37. The van der Waals surface area contributed by atoms with Crippen LogP contribution >= 0.6 is 0 Å². The predicted molar refractivity (Wildman–Crippen MR) is 89.0 cm³/mol. The van der Waals surface area contributed by atoms with Crippen LogP contribution in [0.1, 0.15) is 47.1 Å². The summed E-state index contributed by atoms with van der Waals surface area (Å²) < 4.78 is 5.87. The lowest BCUT2D eigenvalue weighted by molar-refractivity contribution is 0.0514. The van der Waals surface area contributed by atoms with Crippen LogP contribution in [0.15, 0.2) is 12.4 Å². The minimum absolute atomic E-state index is 0.00861. The van der Waals surface area contributed by atoms with Gasteiger partial charge in [-0.05, 0) is 38.7 Å². The molecule has 0 aliphatic carbocycles. The average molecular weight is 329 g/mol. The van der Waals surface area contributed by atoms with Gasteiger partial charge in [0.2, 0.25) is 0 Å². The van der Waals surface area contributed by atoms with Gasteiger partial charge >= 0.3 is 6.01 Å².